The number of carbonyl (C=O) groups excluding carboxylic acids is 2. The van der Waals surface area contributed by atoms with Gasteiger partial charge in [0.15, 0.2) is 5.75 Å². The summed E-state index contributed by atoms with van der Waals surface area (Å²) < 4.78 is 5.19. The van der Waals surface area contributed by atoms with Crippen molar-refractivity contribution in [1.82, 2.24) is 9.80 Å². The van der Waals surface area contributed by atoms with Gasteiger partial charge in [0, 0.05) is 31.8 Å². The van der Waals surface area contributed by atoms with Crippen LogP contribution in [0.15, 0.2) is 18.2 Å². The predicted octanol–water partition coefficient (Wildman–Crippen LogP) is 1.39. The molecule has 0 saturated carbocycles. The summed E-state index contributed by atoms with van der Waals surface area (Å²) in [6, 6.07) is 3.91. The molecule has 0 spiro atoms. The molecular weight excluding hydrogens is 370 g/mol. The van der Waals surface area contributed by atoms with E-state index in [0.29, 0.717) is 25.9 Å². The maximum Gasteiger partial charge on any atom is 0.311 e. The average Bonchev–Trinajstić information content (AvgIpc) is 2.67. The number of piperidine rings is 1. The van der Waals surface area contributed by atoms with E-state index in [0.717, 1.165) is 6.07 Å². The third-order valence-corrected chi connectivity index (χ3v) is 4.62. The third kappa shape index (κ3) is 4.96. The van der Waals surface area contributed by atoms with Crippen molar-refractivity contribution in [2.75, 3.05) is 33.3 Å². The SMILES string of the molecule is CCOc1ccc(C(=O)N(C)CC(=O)N2CCC(C(=O)O)CC2)cc1[N+](=O)[O-]. The Kier molecular flexibility index (Phi) is 6.91. The van der Waals surface area contributed by atoms with Gasteiger partial charge in [0.05, 0.1) is 24.0 Å². The number of nitro benzene ring substituents is 1. The number of hydrogen-bond donors (Lipinski definition) is 1. The van der Waals surface area contributed by atoms with E-state index < -0.39 is 22.7 Å². The van der Waals surface area contributed by atoms with Gasteiger partial charge in [-0.3, -0.25) is 24.5 Å². The number of rotatable bonds is 7. The lowest BCUT2D eigenvalue weighted by Gasteiger charge is -2.31. The Morgan fingerprint density at radius 3 is 2.50 bits per heavy atom. The zero-order valence-electron chi connectivity index (χ0n) is 15.8. The topological polar surface area (TPSA) is 130 Å². The number of carboxylic acids is 1. The highest BCUT2D eigenvalue weighted by Gasteiger charge is 2.28. The molecule has 10 heteroatoms. The highest BCUT2D eigenvalue weighted by Crippen LogP contribution is 2.28. The summed E-state index contributed by atoms with van der Waals surface area (Å²) >= 11 is 0. The van der Waals surface area contributed by atoms with Crippen LogP contribution in [0.2, 0.25) is 0 Å². The lowest BCUT2D eigenvalue weighted by atomic mass is 9.97. The fourth-order valence-electron chi connectivity index (χ4n) is 3.04. The standard InChI is InChI=1S/C18H23N3O7/c1-3-28-15-5-4-13(10-14(15)21(26)27)17(23)19(2)11-16(22)20-8-6-12(7-9-20)18(24)25/h4-5,10,12H,3,6-9,11H2,1-2H3,(H,24,25). The molecule has 10 nitrogen and oxygen atoms in total. The number of likely N-dealkylation sites (tertiary alicyclic amines) is 1. The van der Waals surface area contributed by atoms with Crippen LogP contribution in [0.4, 0.5) is 5.69 Å². The lowest BCUT2D eigenvalue weighted by Crippen LogP contribution is -2.45. The summed E-state index contributed by atoms with van der Waals surface area (Å²) in [6.45, 7) is 2.40. The molecule has 28 heavy (non-hydrogen) atoms. The molecule has 0 radical (unpaired) electrons. The van der Waals surface area contributed by atoms with Gasteiger partial charge < -0.3 is 19.6 Å². The van der Waals surface area contributed by atoms with Gasteiger partial charge >= 0.3 is 11.7 Å². The van der Waals surface area contributed by atoms with E-state index in [9.17, 15) is 24.5 Å². The number of nitro groups is 1. The number of amides is 2. The van der Waals surface area contributed by atoms with E-state index in [4.69, 9.17) is 9.84 Å². The number of nitrogens with zero attached hydrogens (tertiary/aromatic N) is 3. The molecule has 1 fully saturated rings. The number of carbonyl (C=O) groups is 3. The summed E-state index contributed by atoms with van der Waals surface area (Å²) in [5.74, 6) is -2.06. The monoisotopic (exact) mass is 393 g/mol. The first-order valence-electron chi connectivity index (χ1n) is 8.91. The van der Waals surface area contributed by atoms with E-state index in [1.807, 2.05) is 0 Å². The minimum Gasteiger partial charge on any atom is -0.487 e. The summed E-state index contributed by atoms with van der Waals surface area (Å²) in [7, 11) is 1.44. The number of ether oxygens (including phenoxy) is 1. The lowest BCUT2D eigenvalue weighted by molar-refractivity contribution is -0.385. The summed E-state index contributed by atoms with van der Waals surface area (Å²) in [6.07, 6.45) is 0.758. The number of carboxylic acid groups (broad SMARTS) is 1. The fraction of sp³-hybridized carbons (Fsp3) is 0.500. The number of aliphatic carboxylic acids is 1. The van der Waals surface area contributed by atoms with E-state index in [2.05, 4.69) is 0 Å². The second kappa shape index (κ2) is 9.16. The third-order valence-electron chi connectivity index (χ3n) is 4.62. The summed E-state index contributed by atoms with van der Waals surface area (Å²) in [5, 5.41) is 20.2. The van der Waals surface area contributed by atoms with Crippen LogP contribution in [0.25, 0.3) is 0 Å². The molecule has 2 amide bonds. The van der Waals surface area contributed by atoms with Crippen LogP contribution in [-0.4, -0.2) is 70.9 Å². The van der Waals surface area contributed by atoms with E-state index in [1.54, 1.807) is 6.92 Å². The summed E-state index contributed by atoms with van der Waals surface area (Å²) in [4.78, 5) is 49.2. The van der Waals surface area contributed by atoms with Crippen LogP contribution < -0.4 is 4.74 Å². The molecule has 1 aliphatic rings. The van der Waals surface area contributed by atoms with Crippen LogP contribution in [-0.2, 0) is 9.59 Å². The highest BCUT2D eigenvalue weighted by molar-refractivity contribution is 5.97. The van der Waals surface area contributed by atoms with Gasteiger partial charge in [0.1, 0.15) is 0 Å². The van der Waals surface area contributed by atoms with Gasteiger partial charge in [0.2, 0.25) is 5.91 Å². The van der Waals surface area contributed by atoms with Crippen molar-refractivity contribution < 1.29 is 29.2 Å². The quantitative estimate of drug-likeness (QED) is 0.547. The predicted molar refractivity (Wildman–Crippen MR) is 98.2 cm³/mol. The Balaban J connectivity index is 2.02. The van der Waals surface area contributed by atoms with E-state index in [1.165, 1.54) is 29.0 Å². The molecule has 1 aliphatic heterocycles. The molecule has 152 valence electrons. The van der Waals surface area contributed by atoms with Crippen LogP contribution in [0.5, 0.6) is 5.75 Å². The molecular formula is C18H23N3O7. The largest absolute Gasteiger partial charge is 0.487 e. The van der Waals surface area contributed by atoms with Gasteiger partial charge in [-0.25, -0.2) is 0 Å². The number of likely N-dealkylation sites (N-methyl/N-ethyl adjacent to an activating group) is 1. The minimum absolute atomic E-state index is 0.0732. The molecule has 1 N–H and O–H groups in total. The molecule has 1 saturated heterocycles. The van der Waals surface area contributed by atoms with E-state index in [-0.39, 0.29) is 36.1 Å². The first-order chi connectivity index (χ1) is 13.2. The molecule has 0 aliphatic carbocycles. The van der Waals surface area contributed by atoms with Crippen molar-refractivity contribution in [3.8, 4) is 5.75 Å². The van der Waals surface area contributed by atoms with Crippen LogP contribution in [0.1, 0.15) is 30.1 Å². The second-order valence-electron chi connectivity index (χ2n) is 6.53. The van der Waals surface area contributed by atoms with Gasteiger partial charge in [-0.05, 0) is 31.9 Å². The first kappa shape index (κ1) is 21.1. The van der Waals surface area contributed by atoms with Crippen LogP contribution >= 0.6 is 0 Å². The number of benzene rings is 1. The maximum atomic E-state index is 12.6. The molecule has 2 rings (SSSR count). The Bertz CT molecular complexity index is 772. The van der Waals surface area contributed by atoms with Gasteiger partial charge in [-0.2, -0.15) is 0 Å². The van der Waals surface area contributed by atoms with Crippen molar-refractivity contribution >= 4 is 23.5 Å². The van der Waals surface area contributed by atoms with Crippen molar-refractivity contribution in [2.24, 2.45) is 5.92 Å². The molecule has 0 bridgehead atoms. The van der Waals surface area contributed by atoms with Gasteiger partial charge in [0.25, 0.3) is 5.91 Å². The Hall–Kier alpha value is -3.17. The van der Waals surface area contributed by atoms with Gasteiger partial charge in [-0.1, -0.05) is 0 Å². The van der Waals surface area contributed by atoms with Crippen LogP contribution in [0.3, 0.4) is 0 Å². The van der Waals surface area contributed by atoms with Crippen LogP contribution in [0, 0.1) is 16.0 Å². The minimum atomic E-state index is -0.864. The molecule has 1 heterocycles. The molecule has 0 atom stereocenters. The molecule has 0 unspecified atom stereocenters. The molecule has 1 aromatic rings. The molecule has 0 aromatic heterocycles. The zero-order chi connectivity index (χ0) is 20.8. The normalized spacial score (nSPS) is 14.4. The van der Waals surface area contributed by atoms with Crippen molar-refractivity contribution in [3.05, 3.63) is 33.9 Å². The van der Waals surface area contributed by atoms with E-state index >= 15 is 0 Å². The van der Waals surface area contributed by atoms with Crippen molar-refractivity contribution in [2.45, 2.75) is 19.8 Å². The maximum absolute atomic E-state index is 12.6. The smallest absolute Gasteiger partial charge is 0.311 e. The second-order valence-corrected chi connectivity index (χ2v) is 6.53. The Morgan fingerprint density at radius 2 is 1.96 bits per heavy atom. The first-order valence-corrected chi connectivity index (χ1v) is 8.91. The van der Waals surface area contributed by atoms with Crippen molar-refractivity contribution in [1.29, 1.82) is 0 Å². The van der Waals surface area contributed by atoms with Crippen molar-refractivity contribution in [3.63, 3.8) is 0 Å². The fourth-order valence-corrected chi connectivity index (χ4v) is 3.04. The zero-order valence-corrected chi connectivity index (χ0v) is 15.8. The highest BCUT2D eigenvalue weighted by atomic mass is 16.6. The Labute approximate surface area is 161 Å². The Morgan fingerprint density at radius 1 is 1.32 bits per heavy atom. The molecule has 1 aromatic carbocycles. The summed E-state index contributed by atoms with van der Waals surface area (Å²) in [5.41, 5.74) is -0.238. The average molecular weight is 393 g/mol. The number of hydrogen-bond acceptors (Lipinski definition) is 6. The van der Waals surface area contributed by atoms with Gasteiger partial charge in [-0.15, -0.1) is 0 Å².